The van der Waals surface area contributed by atoms with E-state index in [-0.39, 0.29) is 16.4 Å². The fourth-order valence-corrected chi connectivity index (χ4v) is 1.82. The highest BCUT2D eigenvalue weighted by Gasteiger charge is 2.51. The number of rotatable bonds is 4. The van der Waals surface area contributed by atoms with Crippen LogP contribution in [-0.2, 0) is 4.79 Å². The van der Waals surface area contributed by atoms with E-state index in [1.807, 2.05) is 0 Å². The lowest BCUT2D eigenvalue weighted by Gasteiger charge is -2.14. The van der Waals surface area contributed by atoms with Gasteiger partial charge in [-0.15, -0.1) is 0 Å². The summed E-state index contributed by atoms with van der Waals surface area (Å²) >= 11 is 5.72. The number of carbonyl (C=O) groups is 1. The zero-order valence-corrected chi connectivity index (χ0v) is 9.40. The summed E-state index contributed by atoms with van der Waals surface area (Å²) in [6.07, 6.45) is 0.901. The van der Waals surface area contributed by atoms with Crippen LogP contribution in [0.15, 0.2) is 18.2 Å². The van der Waals surface area contributed by atoms with E-state index in [4.69, 9.17) is 16.7 Å². The maximum absolute atomic E-state index is 11.0. The Balaban J connectivity index is 2.37. The Morgan fingerprint density at radius 3 is 2.65 bits per heavy atom. The highest BCUT2D eigenvalue weighted by atomic mass is 35.5. The number of hydrogen-bond donors (Lipinski definition) is 2. The summed E-state index contributed by atoms with van der Waals surface area (Å²) < 4.78 is 0. The molecule has 0 unspecified atom stereocenters. The lowest BCUT2D eigenvalue weighted by molar-refractivity contribution is -0.383. The summed E-state index contributed by atoms with van der Waals surface area (Å²) in [5, 5.41) is 22.5. The number of halogens is 1. The molecule has 0 atom stereocenters. The number of para-hydroxylation sites is 1. The van der Waals surface area contributed by atoms with Crippen LogP contribution < -0.4 is 5.32 Å². The third-order valence-corrected chi connectivity index (χ3v) is 3.01. The molecule has 1 aliphatic carbocycles. The quantitative estimate of drug-likeness (QED) is 0.637. The van der Waals surface area contributed by atoms with Crippen LogP contribution in [0.2, 0.25) is 5.02 Å². The minimum Gasteiger partial charge on any atom is -0.480 e. The Hall–Kier alpha value is -1.82. The monoisotopic (exact) mass is 256 g/mol. The minimum absolute atomic E-state index is 0.0128. The maximum atomic E-state index is 11.0. The molecule has 1 fully saturated rings. The molecule has 2 N–H and O–H groups in total. The van der Waals surface area contributed by atoms with E-state index in [2.05, 4.69) is 5.32 Å². The molecule has 0 radical (unpaired) electrons. The van der Waals surface area contributed by atoms with E-state index in [1.165, 1.54) is 18.2 Å². The van der Waals surface area contributed by atoms with Crippen molar-refractivity contribution in [3.05, 3.63) is 33.3 Å². The molecule has 1 aromatic carbocycles. The van der Waals surface area contributed by atoms with Gasteiger partial charge in [0.1, 0.15) is 16.2 Å². The van der Waals surface area contributed by atoms with E-state index in [0.29, 0.717) is 12.8 Å². The first-order valence-corrected chi connectivity index (χ1v) is 5.28. The van der Waals surface area contributed by atoms with Gasteiger partial charge in [-0.25, -0.2) is 4.79 Å². The average molecular weight is 257 g/mol. The fraction of sp³-hybridized carbons (Fsp3) is 0.300. The molecule has 2 rings (SSSR count). The number of carboxylic acid groups (broad SMARTS) is 1. The average Bonchev–Trinajstić information content (AvgIpc) is 2.98. The van der Waals surface area contributed by atoms with Gasteiger partial charge in [0.05, 0.1) is 4.92 Å². The van der Waals surface area contributed by atoms with Crippen molar-refractivity contribution in [2.45, 2.75) is 18.4 Å². The van der Waals surface area contributed by atoms with Crippen molar-refractivity contribution in [2.75, 3.05) is 5.32 Å². The van der Waals surface area contributed by atoms with Gasteiger partial charge in [0.2, 0.25) is 0 Å². The van der Waals surface area contributed by atoms with Gasteiger partial charge in [-0.05, 0) is 25.0 Å². The first-order chi connectivity index (χ1) is 7.96. The van der Waals surface area contributed by atoms with Crippen molar-refractivity contribution >= 4 is 28.9 Å². The van der Waals surface area contributed by atoms with Crippen LogP contribution >= 0.6 is 11.6 Å². The molecule has 1 aromatic rings. The molecular formula is C10H9ClN2O4. The number of nitrogens with zero attached hydrogens (tertiary/aromatic N) is 1. The molecule has 7 heteroatoms. The number of benzene rings is 1. The van der Waals surface area contributed by atoms with Gasteiger partial charge in [0.15, 0.2) is 0 Å². The van der Waals surface area contributed by atoms with Crippen molar-refractivity contribution in [1.29, 1.82) is 0 Å². The van der Waals surface area contributed by atoms with E-state index in [9.17, 15) is 14.9 Å². The molecule has 17 heavy (non-hydrogen) atoms. The molecule has 0 bridgehead atoms. The second-order valence-electron chi connectivity index (χ2n) is 3.91. The van der Waals surface area contributed by atoms with Crippen LogP contribution in [0.5, 0.6) is 0 Å². The van der Waals surface area contributed by atoms with Gasteiger partial charge in [-0.1, -0.05) is 17.7 Å². The van der Waals surface area contributed by atoms with E-state index in [1.54, 1.807) is 0 Å². The van der Waals surface area contributed by atoms with Crippen molar-refractivity contribution in [2.24, 2.45) is 0 Å². The van der Waals surface area contributed by atoms with Crippen LogP contribution in [0.3, 0.4) is 0 Å². The number of nitro benzene ring substituents is 1. The second kappa shape index (κ2) is 3.89. The predicted octanol–water partition coefficient (Wildman–Crippen LogP) is 2.28. The Bertz CT molecular complexity index is 499. The van der Waals surface area contributed by atoms with Gasteiger partial charge in [-0.2, -0.15) is 0 Å². The Kier molecular flexibility index (Phi) is 2.66. The molecule has 90 valence electrons. The molecule has 0 heterocycles. The van der Waals surface area contributed by atoms with E-state index < -0.39 is 16.4 Å². The maximum Gasteiger partial charge on any atom is 0.329 e. The van der Waals surface area contributed by atoms with Crippen molar-refractivity contribution < 1.29 is 14.8 Å². The summed E-state index contributed by atoms with van der Waals surface area (Å²) in [4.78, 5) is 21.2. The first-order valence-electron chi connectivity index (χ1n) is 4.91. The molecular weight excluding hydrogens is 248 g/mol. The van der Waals surface area contributed by atoms with Crippen LogP contribution in [0.1, 0.15) is 12.8 Å². The molecule has 1 saturated carbocycles. The zero-order valence-electron chi connectivity index (χ0n) is 8.64. The molecule has 0 amide bonds. The normalized spacial score (nSPS) is 16.3. The summed E-state index contributed by atoms with van der Waals surface area (Å²) in [6.45, 7) is 0. The molecule has 6 nitrogen and oxygen atoms in total. The summed E-state index contributed by atoms with van der Waals surface area (Å²) in [5.74, 6) is -1.01. The van der Waals surface area contributed by atoms with E-state index >= 15 is 0 Å². The lowest BCUT2D eigenvalue weighted by atomic mass is 10.2. The third-order valence-electron chi connectivity index (χ3n) is 2.70. The van der Waals surface area contributed by atoms with Crippen molar-refractivity contribution in [3.63, 3.8) is 0 Å². The number of nitrogens with one attached hydrogen (secondary N) is 1. The largest absolute Gasteiger partial charge is 0.480 e. The predicted molar refractivity (Wildman–Crippen MR) is 61.3 cm³/mol. The number of carboxylic acids is 1. The Morgan fingerprint density at radius 1 is 1.53 bits per heavy atom. The molecule has 0 aliphatic heterocycles. The minimum atomic E-state index is -1.07. The fourth-order valence-electron chi connectivity index (χ4n) is 1.58. The highest BCUT2D eigenvalue weighted by Crippen LogP contribution is 2.42. The third kappa shape index (κ3) is 2.03. The molecule has 0 spiro atoms. The van der Waals surface area contributed by atoms with E-state index in [0.717, 1.165) is 0 Å². The summed E-state index contributed by atoms with van der Waals surface area (Å²) in [7, 11) is 0. The summed E-state index contributed by atoms with van der Waals surface area (Å²) in [5.41, 5.74) is -1.22. The van der Waals surface area contributed by atoms with Crippen molar-refractivity contribution in [3.8, 4) is 0 Å². The van der Waals surface area contributed by atoms with Gasteiger partial charge in [0, 0.05) is 0 Å². The van der Waals surface area contributed by atoms with Gasteiger partial charge < -0.3 is 10.4 Å². The SMILES string of the molecule is O=C(O)C1(Nc2cccc(Cl)c2[N+](=O)[O-])CC1. The van der Waals surface area contributed by atoms with Crippen LogP contribution in [0.25, 0.3) is 0 Å². The van der Waals surface area contributed by atoms with Crippen LogP contribution in [-0.4, -0.2) is 21.5 Å². The molecule has 1 aliphatic rings. The number of nitro groups is 1. The van der Waals surface area contributed by atoms with Crippen molar-refractivity contribution in [1.82, 2.24) is 0 Å². The standard InChI is InChI=1S/C10H9ClN2O4/c11-6-2-1-3-7(8(6)13(16)17)12-10(4-5-10)9(14)15/h1-3,12H,4-5H2,(H,14,15). The number of hydrogen-bond acceptors (Lipinski definition) is 4. The molecule has 0 saturated heterocycles. The summed E-state index contributed by atoms with van der Waals surface area (Å²) in [6, 6.07) is 4.38. The van der Waals surface area contributed by atoms with Gasteiger partial charge in [0.25, 0.3) is 0 Å². The number of aliphatic carboxylic acids is 1. The first kappa shape index (κ1) is 11.7. The highest BCUT2D eigenvalue weighted by molar-refractivity contribution is 6.33. The number of anilines is 1. The van der Waals surface area contributed by atoms with Crippen LogP contribution in [0.4, 0.5) is 11.4 Å². The van der Waals surface area contributed by atoms with Gasteiger partial charge in [-0.3, -0.25) is 10.1 Å². The lowest BCUT2D eigenvalue weighted by Crippen LogP contribution is -2.31. The Morgan fingerprint density at radius 2 is 2.18 bits per heavy atom. The molecule has 0 aromatic heterocycles. The van der Waals surface area contributed by atoms with Gasteiger partial charge >= 0.3 is 11.7 Å². The topological polar surface area (TPSA) is 92.5 Å². The zero-order chi connectivity index (χ0) is 12.6. The smallest absolute Gasteiger partial charge is 0.329 e. The van der Waals surface area contributed by atoms with Crippen LogP contribution in [0, 0.1) is 10.1 Å². The second-order valence-corrected chi connectivity index (χ2v) is 4.31. The Labute approximate surface area is 101 Å².